The molecular formula is C5H8NO. The first kappa shape index (κ1) is 6.21. The minimum Gasteiger partial charge on any atom is -0.647 e. The Bertz CT molecular complexity index is 61.1. The zero-order chi connectivity index (χ0) is 5.70. The molecule has 39 valence electrons. The first-order chi connectivity index (χ1) is 3.27. The molecule has 0 rings (SSSR count). The summed E-state index contributed by atoms with van der Waals surface area (Å²) in [5, 5.41) is 13.3. The molecule has 0 bridgehead atoms. The highest BCUT2D eigenvalue weighted by molar-refractivity contribution is 5.01. The lowest BCUT2D eigenvalue weighted by atomic mass is 10.5. The maximum Gasteiger partial charge on any atom is 0.0691 e. The normalized spacial score (nSPS) is 8.00. The molecule has 0 aliphatic carbocycles. The van der Waals surface area contributed by atoms with E-state index in [2.05, 4.69) is 18.8 Å². The lowest BCUT2D eigenvalue weighted by molar-refractivity contribution is 0.310. The van der Waals surface area contributed by atoms with Crippen LogP contribution in [-0.2, 0) is 5.11 Å². The Kier molecular flexibility index (Phi) is 3.02. The van der Waals surface area contributed by atoms with Gasteiger partial charge >= 0.3 is 0 Å². The predicted octanol–water partition coefficient (Wildman–Crippen LogP) is 1.49. The van der Waals surface area contributed by atoms with Crippen molar-refractivity contribution in [1.82, 2.24) is 0 Å². The Morgan fingerprint density at radius 1 is 1.86 bits per heavy atom. The summed E-state index contributed by atoms with van der Waals surface area (Å²) >= 11 is 0. The molecule has 0 aromatic carbocycles. The Hall–Kier alpha value is -0.790. The molecule has 0 atom stereocenters. The molecule has 0 spiro atoms. The monoisotopic (exact) mass is 98.1 g/mol. The van der Waals surface area contributed by atoms with E-state index in [1.807, 2.05) is 0 Å². The second-order valence-corrected chi connectivity index (χ2v) is 1.13. The summed E-state index contributed by atoms with van der Waals surface area (Å²) in [6.07, 6.45) is 0.668. The SMILES string of the molecule is C=C([O])[N-]CC[CH2+]. The Morgan fingerprint density at radius 2 is 2.43 bits per heavy atom. The second-order valence-electron chi connectivity index (χ2n) is 1.13. The van der Waals surface area contributed by atoms with E-state index < -0.39 is 0 Å². The molecule has 0 heterocycles. The summed E-state index contributed by atoms with van der Waals surface area (Å²) in [4.78, 5) is 0. The molecule has 0 saturated heterocycles. The van der Waals surface area contributed by atoms with Gasteiger partial charge in [0.25, 0.3) is 0 Å². The van der Waals surface area contributed by atoms with Crippen molar-refractivity contribution in [2.24, 2.45) is 0 Å². The van der Waals surface area contributed by atoms with Crippen molar-refractivity contribution in [3.63, 3.8) is 0 Å². The molecule has 0 aliphatic heterocycles. The van der Waals surface area contributed by atoms with E-state index in [-0.39, 0.29) is 5.88 Å². The van der Waals surface area contributed by atoms with Crippen LogP contribution in [0.2, 0.25) is 0 Å². The zero-order valence-corrected chi connectivity index (χ0v) is 4.18. The van der Waals surface area contributed by atoms with Crippen LogP contribution in [0.1, 0.15) is 6.42 Å². The van der Waals surface area contributed by atoms with Gasteiger partial charge in [-0.05, 0) is 0 Å². The van der Waals surface area contributed by atoms with Crippen molar-refractivity contribution in [3.8, 4) is 0 Å². The van der Waals surface area contributed by atoms with Crippen molar-refractivity contribution in [2.45, 2.75) is 6.42 Å². The van der Waals surface area contributed by atoms with Gasteiger partial charge in [0.1, 0.15) is 0 Å². The van der Waals surface area contributed by atoms with Crippen LogP contribution >= 0.6 is 0 Å². The molecule has 0 aliphatic rings. The summed E-state index contributed by atoms with van der Waals surface area (Å²) in [6, 6.07) is 0. The molecule has 0 saturated carbocycles. The summed E-state index contributed by atoms with van der Waals surface area (Å²) in [6.45, 7) is 7.03. The number of nitrogens with zero attached hydrogens (tertiary/aromatic N) is 1. The summed E-state index contributed by atoms with van der Waals surface area (Å²) in [5.41, 5.74) is 0. The van der Waals surface area contributed by atoms with E-state index in [4.69, 9.17) is 0 Å². The predicted molar refractivity (Wildman–Crippen MR) is 28.0 cm³/mol. The van der Waals surface area contributed by atoms with Crippen molar-refractivity contribution in [1.29, 1.82) is 0 Å². The molecule has 0 amide bonds. The molecule has 7 heavy (non-hydrogen) atoms. The Balaban J connectivity index is 2.82. The third-order valence-corrected chi connectivity index (χ3v) is 0.446. The fraction of sp³-hybridized carbons (Fsp3) is 0.400. The lowest BCUT2D eigenvalue weighted by Gasteiger charge is -2.09. The van der Waals surface area contributed by atoms with Crippen molar-refractivity contribution in [2.75, 3.05) is 6.54 Å². The third kappa shape index (κ3) is 5.21. The van der Waals surface area contributed by atoms with Crippen LogP contribution in [-0.4, -0.2) is 6.54 Å². The second kappa shape index (κ2) is 3.40. The van der Waals surface area contributed by atoms with Gasteiger partial charge in [0, 0.05) is 0 Å². The van der Waals surface area contributed by atoms with Crippen LogP contribution in [0.3, 0.4) is 0 Å². The van der Waals surface area contributed by atoms with E-state index in [1.54, 1.807) is 0 Å². The number of hydrogen-bond donors (Lipinski definition) is 0. The maximum absolute atomic E-state index is 9.90. The average molecular weight is 98.1 g/mol. The van der Waals surface area contributed by atoms with Gasteiger partial charge in [-0.3, -0.25) is 0 Å². The fourth-order valence-corrected chi connectivity index (χ4v) is 0.204. The largest absolute Gasteiger partial charge is 0.647 e. The van der Waals surface area contributed by atoms with E-state index in [0.717, 1.165) is 0 Å². The maximum atomic E-state index is 9.90. The zero-order valence-electron chi connectivity index (χ0n) is 4.18. The Labute approximate surface area is 43.9 Å². The summed E-state index contributed by atoms with van der Waals surface area (Å²) < 4.78 is 0. The molecule has 0 unspecified atom stereocenters. The van der Waals surface area contributed by atoms with Crippen LogP contribution in [0, 0.1) is 6.92 Å². The standard InChI is InChI=1S/C5H8NO/c1-3-4-6-5(2)7/h1-4H2. The van der Waals surface area contributed by atoms with E-state index in [1.165, 1.54) is 0 Å². The van der Waals surface area contributed by atoms with Gasteiger partial charge in [-0.2, -0.15) is 0 Å². The summed E-state index contributed by atoms with van der Waals surface area (Å²) in [7, 11) is 0. The lowest BCUT2D eigenvalue weighted by Crippen LogP contribution is -1.79. The smallest absolute Gasteiger partial charge is 0.0691 e. The van der Waals surface area contributed by atoms with Gasteiger partial charge in [-0.15, -0.1) is 0 Å². The molecule has 0 N–H and O–H groups in total. The van der Waals surface area contributed by atoms with Crippen molar-refractivity contribution >= 4 is 0 Å². The average Bonchev–Trinajstić information content (AvgIpc) is 1.61. The Morgan fingerprint density at radius 3 is 2.57 bits per heavy atom. The number of rotatable bonds is 3. The highest BCUT2D eigenvalue weighted by Gasteiger charge is 1.71. The molecule has 1 radical (unpaired) electrons. The number of hydrogen-bond acceptors (Lipinski definition) is 0. The first-order valence-corrected chi connectivity index (χ1v) is 2.10. The summed E-state index contributed by atoms with van der Waals surface area (Å²) in [5.74, 6) is -0.358. The van der Waals surface area contributed by atoms with E-state index in [9.17, 15) is 5.11 Å². The molecule has 2 nitrogen and oxygen atoms in total. The topological polar surface area (TPSA) is 34.0 Å². The van der Waals surface area contributed by atoms with Gasteiger partial charge in [-0.25, -0.2) is 0 Å². The van der Waals surface area contributed by atoms with Gasteiger partial charge in [0.05, 0.1) is 19.2 Å². The molecular weight excluding hydrogens is 90.1 g/mol. The highest BCUT2D eigenvalue weighted by atomic mass is 16.3. The molecule has 0 aromatic heterocycles. The molecule has 2 heteroatoms. The van der Waals surface area contributed by atoms with Crippen LogP contribution in [0.25, 0.3) is 5.32 Å². The van der Waals surface area contributed by atoms with E-state index in [0.29, 0.717) is 13.0 Å². The van der Waals surface area contributed by atoms with Crippen LogP contribution in [0.4, 0.5) is 0 Å². The quantitative estimate of drug-likeness (QED) is 0.378. The minimum atomic E-state index is -0.358. The third-order valence-electron chi connectivity index (χ3n) is 0.446. The van der Waals surface area contributed by atoms with Crippen LogP contribution < -0.4 is 0 Å². The fourth-order valence-electron chi connectivity index (χ4n) is 0.204. The van der Waals surface area contributed by atoms with Crippen molar-refractivity contribution in [3.05, 3.63) is 24.7 Å². The molecule has 0 aromatic rings. The first-order valence-electron chi connectivity index (χ1n) is 2.10. The van der Waals surface area contributed by atoms with Gasteiger partial charge < -0.3 is 10.4 Å². The minimum absolute atomic E-state index is 0.358. The van der Waals surface area contributed by atoms with Crippen molar-refractivity contribution < 1.29 is 5.11 Å². The van der Waals surface area contributed by atoms with Crippen LogP contribution in [0.15, 0.2) is 12.5 Å². The molecule has 0 fully saturated rings. The van der Waals surface area contributed by atoms with Crippen LogP contribution in [0.5, 0.6) is 0 Å². The van der Waals surface area contributed by atoms with Gasteiger partial charge in [0.2, 0.25) is 0 Å². The van der Waals surface area contributed by atoms with Gasteiger partial charge in [0.15, 0.2) is 0 Å². The highest BCUT2D eigenvalue weighted by Crippen LogP contribution is 1.97. The van der Waals surface area contributed by atoms with Gasteiger partial charge in [-0.1, -0.05) is 13.1 Å². The van der Waals surface area contributed by atoms with E-state index >= 15 is 0 Å².